The van der Waals surface area contributed by atoms with Crippen molar-refractivity contribution in [1.82, 2.24) is 19.8 Å². The van der Waals surface area contributed by atoms with Crippen molar-refractivity contribution >= 4 is 21.8 Å². The van der Waals surface area contributed by atoms with Crippen molar-refractivity contribution in [3.05, 3.63) is 47.3 Å². The third-order valence-electron chi connectivity index (χ3n) is 4.24. The minimum Gasteiger partial charge on any atom is -0.356 e. The smallest absolute Gasteiger partial charge is 0.263 e. The van der Waals surface area contributed by atoms with Gasteiger partial charge in [-0.1, -0.05) is 12.1 Å². The summed E-state index contributed by atoms with van der Waals surface area (Å²) >= 11 is 0. The number of benzene rings is 1. The molecule has 8 nitrogen and oxygen atoms in total. The Morgan fingerprint density at radius 2 is 2.07 bits per heavy atom. The number of nitrogens with zero attached hydrogens (tertiary/aromatic N) is 3. The van der Waals surface area contributed by atoms with E-state index in [1.54, 1.807) is 18.2 Å². The molecule has 27 heavy (non-hydrogen) atoms. The number of hydrogen-bond acceptors (Lipinski definition) is 5. The van der Waals surface area contributed by atoms with Crippen molar-refractivity contribution in [1.29, 1.82) is 0 Å². The van der Waals surface area contributed by atoms with E-state index in [0.717, 1.165) is 24.4 Å². The van der Waals surface area contributed by atoms with Crippen LogP contribution in [-0.2, 0) is 21.4 Å². The first-order valence-corrected chi connectivity index (χ1v) is 10.3. The largest absolute Gasteiger partial charge is 0.356 e. The van der Waals surface area contributed by atoms with Crippen molar-refractivity contribution in [3.63, 3.8) is 0 Å². The van der Waals surface area contributed by atoms with Gasteiger partial charge in [-0.25, -0.2) is 8.42 Å². The molecule has 2 aromatic rings. The van der Waals surface area contributed by atoms with Gasteiger partial charge in [0.2, 0.25) is 5.91 Å². The van der Waals surface area contributed by atoms with Gasteiger partial charge in [0.15, 0.2) is 0 Å². The Bertz CT molecular complexity index is 979. The van der Waals surface area contributed by atoms with Crippen molar-refractivity contribution in [2.75, 3.05) is 13.1 Å². The molecule has 2 heterocycles. The maximum atomic E-state index is 12.0. The van der Waals surface area contributed by atoms with Crippen LogP contribution < -0.4 is 10.0 Å². The topological polar surface area (TPSA) is 105 Å². The maximum Gasteiger partial charge on any atom is 0.263 e. The Balaban J connectivity index is 1.44. The number of hydrogen-bond donors (Lipinski definition) is 2. The summed E-state index contributed by atoms with van der Waals surface area (Å²) in [7, 11) is -3.54. The molecule has 0 spiro atoms. The first kappa shape index (κ1) is 19.1. The Morgan fingerprint density at radius 3 is 2.81 bits per heavy atom. The van der Waals surface area contributed by atoms with E-state index in [-0.39, 0.29) is 23.8 Å². The molecule has 0 aliphatic carbocycles. The molecular weight excluding hydrogens is 366 g/mol. The second-order valence-electron chi connectivity index (χ2n) is 6.44. The normalized spacial score (nSPS) is 16.1. The number of rotatable bonds is 7. The van der Waals surface area contributed by atoms with Crippen LogP contribution in [0.3, 0.4) is 0 Å². The Kier molecular flexibility index (Phi) is 5.59. The molecule has 1 aliphatic heterocycles. The van der Waals surface area contributed by atoms with Crippen molar-refractivity contribution < 1.29 is 13.2 Å². The molecule has 1 amide bonds. The molecule has 2 N–H and O–H groups in total. The van der Waals surface area contributed by atoms with Gasteiger partial charge in [0.25, 0.3) is 10.0 Å². The van der Waals surface area contributed by atoms with E-state index >= 15 is 0 Å². The number of aliphatic imine (C=N–C) groups is 1. The first-order valence-electron chi connectivity index (χ1n) is 8.81. The number of carbonyl (C=O) groups excluding carboxylic acids is 1. The molecule has 0 saturated heterocycles. The van der Waals surface area contributed by atoms with Crippen LogP contribution in [0.15, 0.2) is 40.2 Å². The lowest BCUT2D eigenvalue weighted by Gasteiger charge is -2.06. The maximum absolute atomic E-state index is 12.0. The van der Waals surface area contributed by atoms with Crippen LogP contribution in [0.5, 0.6) is 0 Å². The standard InChI is InChI=1S/C18H23N5O3S/c1-13-12-14(2)23(21-13)11-5-9-19-17(24)8-10-20-18-15-6-3-4-7-16(15)27(25,26)22-18/h3-4,6-7,12H,5,8-11H2,1-2H3,(H,19,24)(H,20,22). The van der Waals surface area contributed by atoms with Crippen molar-refractivity contribution in [3.8, 4) is 0 Å². The highest BCUT2D eigenvalue weighted by Crippen LogP contribution is 2.22. The average Bonchev–Trinajstić information content (AvgIpc) is 3.08. The summed E-state index contributed by atoms with van der Waals surface area (Å²) in [6, 6.07) is 8.68. The Labute approximate surface area is 158 Å². The highest BCUT2D eigenvalue weighted by atomic mass is 32.2. The lowest BCUT2D eigenvalue weighted by molar-refractivity contribution is -0.120. The van der Waals surface area contributed by atoms with Crippen LogP contribution in [0.25, 0.3) is 0 Å². The van der Waals surface area contributed by atoms with Gasteiger partial charge in [-0.15, -0.1) is 0 Å². The summed E-state index contributed by atoms with van der Waals surface area (Å²) in [6.07, 6.45) is 0.989. The van der Waals surface area contributed by atoms with Gasteiger partial charge in [0, 0.05) is 30.8 Å². The van der Waals surface area contributed by atoms with Crippen LogP contribution in [0, 0.1) is 13.8 Å². The van der Waals surface area contributed by atoms with Crippen LogP contribution in [0.4, 0.5) is 0 Å². The van der Waals surface area contributed by atoms with Gasteiger partial charge >= 0.3 is 0 Å². The number of nitrogens with one attached hydrogen (secondary N) is 2. The lowest BCUT2D eigenvalue weighted by Crippen LogP contribution is -2.26. The van der Waals surface area contributed by atoms with Crippen molar-refractivity contribution in [2.45, 2.75) is 38.1 Å². The zero-order valence-corrected chi connectivity index (χ0v) is 16.2. The molecule has 0 unspecified atom stereocenters. The molecule has 0 fully saturated rings. The monoisotopic (exact) mass is 389 g/mol. The van der Waals surface area contributed by atoms with E-state index in [9.17, 15) is 13.2 Å². The second kappa shape index (κ2) is 7.91. The fourth-order valence-corrected chi connectivity index (χ4v) is 4.22. The van der Waals surface area contributed by atoms with Gasteiger partial charge in [0.05, 0.1) is 17.1 Å². The zero-order valence-electron chi connectivity index (χ0n) is 15.4. The molecule has 0 bridgehead atoms. The van der Waals surface area contributed by atoms with Crippen LogP contribution >= 0.6 is 0 Å². The molecular formula is C18H23N5O3S. The van der Waals surface area contributed by atoms with Gasteiger partial charge in [-0.3, -0.25) is 19.2 Å². The van der Waals surface area contributed by atoms with Crippen LogP contribution in [0.2, 0.25) is 0 Å². The fraction of sp³-hybridized carbons (Fsp3) is 0.389. The summed E-state index contributed by atoms with van der Waals surface area (Å²) in [5, 5.41) is 7.23. The Morgan fingerprint density at radius 1 is 1.30 bits per heavy atom. The summed E-state index contributed by atoms with van der Waals surface area (Å²) in [5.74, 6) is 0.185. The lowest BCUT2D eigenvalue weighted by atomic mass is 10.2. The van der Waals surface area contributed by atoms with E-state index < -0.39 is 10.0 Å². The Hall–Kier alpha value is -2.68. The predicted octanol–water partition coefficient (Wildman–Crippen LogP) is 1.14. The average molecular weight is 389 g/mol. The van der Waals surface area contributed by atoms with E-state index in [1.165, 1.54) is 6.07 Å². The molecule has 1 aliphatic rings. The number of aryl methyl sites for hydroxylation is 3. The summed E-state index contributed by atoms with van der Waals surface area (Å²) < 4.78 is 28.4. The number of sulfonamides is 1. The highest BCUT2D eigenvalue weighted by Gasteiger charge is 2.29. The van der Waals surface area contributed by atoms with E-state index in [0.29, 0.717) is 17.9 Å². The molecule has 1 aromatic carbocycles. The van der Waals surface area contributed by atoms with Crippen molar-refractivity contribution in [2.24, 2.45) is 4.99 Å². The van der Waals surface area contributed by atoms with Gasteiger partial charge in [-0.05, 0) is 38.5 Å². The number of fused-ring (bicyclic) bond motifs is 1. The quantitative estimate of drug-likeness (QED) is 0.693. The predicted molar refractivity (Wildman–Crippen MR) is 102 cm³/mol. The van der Waals surface area contributed by atoms with Crippen LogP contribution in [-0.4, -0.2) is 43.0 Å². The third-order valence-corrected chi connectivity index (χ3v) is 5.64. The summed E-state index contributed by atoms with van der Waals surface area (Å²) in [5.41, 5.74) is 2.64. The van der Waals surface area contributed by atoms with Gasteiger partial charge < -0.3 is 5.32 Å². The molecule has 0 atom stereocenters. The van der Waals surface area contributed by atoms with Gasteiger partial charge in [-0.2, -0.15) is 5.10 Å². The summed E-state index contributed by atoms with van der Waals surface area (Å²) in [6.45, 7) is 5.49. The third kappa shape index (κ3) is 4.54. The molecule has 0 saturated carbocycles. The molecule has 3 rings (SSSR count). The van der Waals surface area contributed by atoms with E-state index in [2.05, 4.69) is 20.1 Å². The number of carbonyl (C=O) groups is 1. The fourth-order valence-electron chi connectivity index (χ4n) is 2.97. The molecule has 9 heteroatoms. The van der Waals surface area contributed by atoms with E-state index in [1.807, 2.05) is 24.6 Å². The van der Waals surface area contributed by atoms with E-state index in [4.69, 9.17) is 0 Å². The first-order chi connectivity index (χ1) is 12.9. The molecule has 1 aromatic heterocycles. The minimum absolute atomic E-state index is 0.109. The number of amidine groups is 1. The zero-order chi connectivity index (χ0) is 19.4. The minimum atomic E-state index is -3.54. The van der Waals surface area contributed by atoms with Crippen LogP contribution in [0.1, 0.15) is 29.8 Å². The SMILES string of the molecule is Cc1cc(C)n(CCCNC(=O)CCN=C2NS(=O)(=O)c3ccccc32)n1. The highest BCUT2D eigenvalue weighted by molar-refractivity contribution is 7.90. The molecule has 144 valence electrons. The van der Waals surface area contributed by atoms with Gasteiger partial charge in [0.1, 0.15) is 5.84 Å². The number of aromatic nitrogens is 2. The number of amides is 1. The summed E-state index contributed by atoms with van der Waals surface area (Å²) in [4.78, 5) is 16.4. The molecule has 0 radical (unpaired) electrons. The second-order valence-corrected chi connectivity index (χ2v) is 8.09.